The third-order valence-electron chi connectivity index (χ3n) is 20.2. The molecule has 2 heterocycles. The van der Waals surface area contributed by atoms with Gasteiger partial charge < -0.3 is 65.1 Å². The number of rotatable bonds is 70. The van der Waals surface area contributed by atoms with E-state index < -0.39 is 86.8 Å². The Kier molecular flexibility index (Phi) is 63.5. The minimum absolute atomic E-state index is 0.245. The van der Waals surface area contributed by atoms with Gasteiger partial charge in [0.15, 0.2) is 12.6 Å². The number of amides is 1. The van der Waals surface area contributed by atoms with E-state index in [2.05, 4.69) is 67.8 Å². The van der Waals surface area contributed by atoms with Gasteiger partial charge in [-0.3, -0.25) is 4.79 Å². The predicted molar refractivity (Wildman–Crippen MR) is 406 cm³/mol. The molecular weight excluding hydrogens is 1230 g/mol. The van der Waals surface area contributed by atoms with Crippen LogP contribution >= 0.6 is 0 Å². The van der Waals surface area contributed by atoms with Crippen molar-refractivity contribution in [2.75, 3.05) is 19.8 Å². The number of nitrogens with one attached hydrogen (secondary N) is 1. The van der Waals surface area contributed by atoms with E-state index in [0.717, 1.165) is 44.9 Å². The number of carbonyl (C=O) groups excluding carboxylic acids is 1. The lowest BCUT2D eigenvalue weighted by atomic mass is 9.97. The van der Waals surface area contributed by atoms with Crippen LogP contribution in [-0.4, -0.2) is 140 Å². The van der Waals surface area contributed by atoms with E-state index in [4.69, 9.17) is 18.9 Å². The van der Waals surface area contributed by atoms with E-state index in [1.165, 1.54) is 295 Å². The normalized spacial score (nSPS) is 22.3. The van der Waals surface area contributed by atoms with Crippen LogP contribution in [-0.2, 0) is 23.7 Å². The van der Waals surface area contributed by atoms with Gasteiger partial charge in [0.25, 0.3) is 0 Å². The Labute approximate surface area is 600 Å². The van der Waals surface area contributed by atoms with Crippen molar-refractivity contribution < 1.29 is 64.6 Å². The molecule has 0 spiro atoms. The lowest BCUT2D eigenvalue weighted by Crippen LogP contribution is -2.65. The Balaban J connectivity index is 1.62. The zero-order valence-corrected chi connectivity index (χ0v) is 63.0. The van der Waals surface area contributed by atoms with E-state index in [-0.39, 0.29) is 18.9 Å². The van der Waals surface area contributed by atoms with Gasteiger partial charge in [0.1, 0.15) is 48.8 Å². The van der Waals surface area contributed by atoms with Crippen LogP contribution in [0.5, 0.6) is 0 Å². The van der Waals surface area contributed by atoms with Gasteiger partial charge in [-0.1, -0.05) is 357 Å². The SMILES string of the molecule is CCCCCCC/C=C\C/C=C\C/C=C\CCCCCCCCCCCCCCCCCCC(=O)NC(COC1OC(CO)C(OC2OC(CO)C(O)C(O)C2O)C(O)C1O)C(O)/C=C/CC/C=C/CCCCCCCCCCCCCCCCCCCCCCCCCCCCC. The van der Waals surface area contributed by atoms with Gasteiger partial charge in [0, 0.05) is 6.42 Å². The summed E-state index contributed by atoms with van der Waals surface area (Å²) >= 11 is 0. The summed E-state index contributed by atoms with van der Waals surface area (Å²) in [6.45, 7) is 2.83. The van der Waals surface area contributed by atoms with Crippen LogP contribution in [0.25, 0.3) is 0 Å². The van der Waals surface area contributed by atoms with E-state index >= 15 is 0 Å². The number of aliphatic hydroxyl groups excluding tert-OH is 8. The first-order chi connectivity index (χ1) is 48.1. The Morgan fingerprint density at radius 1 is 0.367 bits per heavy atom. The largest absolute Gasteiger partial charge is 0.394 e. The first-order valence-corrected chi connectivity index (χ1v) is 41.5. The maximum Gasteiger partial charge on any atom is 0.220 e. The van der Waals surface area contributed by atoms with Crippen molar-refractivity contribution in [3.63, 3.8) is 0 Å². The van der Waals surface area contributed by atoms with Crippen molar-refractivity contribution in [1.82, 2.24) is 5.32 Å². The van der Waals surface area contributed by atoms with Crippen molar-refractivity contribution in [3.05, 3.63) is 60.8 Å². The van der Waals surface area contributed by atoms with Gasteiger partial charge >= 0.3 is 0 Å². The first-order valence-electron chi connectivity index (χ1n) is 41.5. The summed E-state index contributed by atoms with van der Waals surface area (Å²) in [5.41, 5.74) is 0. The fraction of sp³-hybridized carbons (Fsp3) is 0.869. The van der Waals surface area contributed by atoms with Crippen LogP contribution in [0, 0.1) is 0 Å². The molecule has 0 radical (unpaired) electrons. The van der Waals surface area contributed by atoms with Crippen LogP contribution in [0.15, 0.2) is 60.8 Å². The minimum Gasteiger partial charge on any atom is -0.394 e. The minimum atomic E-state index is -1.79. The smallest absolute Gasteiger partial charge is 0.220 e. The second-order valence-electron chi connectivity index (χ2n) is 29.2. The molecule has 12 unspecified atom stereocenters. The lowest BCUT2D eigenvalue weighted by molar-refractivity contribution is -0.359. The highest BCUT2D eigenvalue weighted by molar-refractivity contribution is 5.76. The number of carbonyl (C=O) groups is 1. The Morgan fingerprint density at radius 2 is 0.684 bits per heavy atom. The molecule has 0 aromatic carbocycles. The van der Waals surface area contributed by atoms with E-state index in [0.29, 0.717) is 12.8 Å². The topological polar surface area (TPSA) is 228 Å². The van der Waals surface area contributed by atoms with Crippen molar-refractivity contribution in [3.8, 4) is 0 Å². The molecule has 98 heavy (non-hydrogen) atoms. The standard InChI is InChI=1S/C84H155NO13/c1-3-5-7-9-11-13-15-17-19-21-23-25-27-29-31-33-35-36-38-39-41-43-45-47-49-51-53-55-57-59-61-63-65-67-73(88)72(71-95-83-81(94)79(92)82(75(70-87)97-83)98-84-80(93)78(91)77(90)74(69-86)96-84)85-76(89)68-66-64-62-60-58-56-54-52-50-48-46-44-42-40-37-34-32-30-28-26-24-22-20-18-16-14-12-10-8-6-4-2/h16,18,22,24,28,30,57,59,65,67,72-75,77-84,86-88,90-94H,3-15,17,19-21,23,25-27,29,31-56,58,60-64,66,68-71H2,1-2H3,(H,85,89)/b18-16-,24-22-,30-28-,59-57+,67-65+. The molecule has 2 aliphatic rings. The summed E-state index contributed by atoms with van der Waals surface area (Å²) in [6.07, 6.45) is 76.0. The number of unbranched alkanes of at least 4 members (excludes halogenated alkanes) is 49. The molecule has 0 aromatic rings. The summed E-state index contributed by atoms with van der Waals surface area (Å²) in [4.78, 5) is 13.4. The number of ether oxygens (including phenoxy) is 4. The van der Waals surface area contributed by atoms with Gasteiger partial charge in [-0.25, -0.2) is 0 Å². The Morgan fingerprint density at radius 3 is 1.07 bits per heavy atom. The fourth-order valence-electron chi connectivity index (χ4n) is 13.6. The van der Waals surface area contributed by atoms with Gasteiger partial charge in [-0.15, -0.1) is 0 Å². The van der Waals surface area contributed by atoms with Gasteiger partial charge in [0.05, 0.1) is 32.0 Å². The molecule has 1 amide bonds. The first kappa shape index (κ1) is 91.8. The number of hydrogen-bond acceptors (Lipinski definition) is 13. The van der Waals surface area contributed by atoms with E-state index in [1.54, 1.807) is 6.08 Å². The van der Waals surface area contributed by atoms with Gasteiger partial charge in [-0.05, 0) is 70.6 Å². The fourth-order valence-corrected chi connectivity index (χ4v) is 13.6. The summed E-state index contributed by atoms with van der Waals surface area (Å²) in [5.74, 6) is -0.245. The second-order valence-corrected chi connectivity index (χ2v) is 29.2. The van der Waals surface area contributed by atoms with Crippen LogP contribution < -0.4 is 5.32 Å². The molecule has 14 heteroatoms. The zero-order valence-electron chi connectivity index (χ0n) is 63.0. The van der Waals surface area contributed by atoms with E-state index in [9.17, 15) is 45.6 Å². The maximum absolute atomic E-state index is 13.4. The molecule has 2 saturated heterocycles. The molecule has 2 rings (SSSR count). The molecule has 9 N–H and O–H groups in total. The molecule has 0 aliphatic carbocycles. The third kappa shape index (κ3) is 50.2. The molecule has 14 nitrogen and oxygen atoms in total. The highest BCUT2D eigenvalue weighted by Gasteiger charge is 2.51. The Hall–Kier alpha value is -2.31. The van der Waals surface area contributed by atoms with E-state index in [1.807, 2.05) is 6.08 Å². The number of aliphatic hydroxyl groups is 8. The number of allylic oxidation sites excluding steroid dienone is 9. The van der Waals surface area contributed by atoms with Crippen molar-refractivity contribution in [2.24, 2.45) is 0 Å². The summed E-state index contributed by atoms with van der Waals surface area (Å²) in [6, 6.07) is -0.936. The summed E-state index contributed by atoms with van der Waals surface area (Å²) in [7, 11) is 0. The molecule has 574 valence electrons. The highest BCUT2D eigenvalue weighted by Crippen LogP contribution is 2.30. The van der Waals surface area contributed by atoms with Gasteiger partial charge in [0.2, 0.25) is 5.91 Å². The van der Waals surface area contributed by atoms with Crippen molar-refractivity contribution >= 4 is 5.91 Å². The summed E-state index contributed by atoms with van der Waals surface area (Å²) in [5, 5.41) is 87.7. The van der Waals surface area contributed by atoms with Crippen LogP contribution in [0.4, 0.5) is 0 Å². The molecule has 12 atom stereocenters. The molecule has 2 fully saturated rings. The molecule has 0 bridgehead atoms. The van der Waals surface area contributed by atoms with Crippen LogP contribution in [0.1, 0.15) is 373 Å². The van der Waals surface area contributed by atoms with Gasteiger partial charge in [-0.2, -0.15) is 0 Å². The lowest BCUT2D eigenvalue weighted by Gasteiger charge is -2.46. The van der Waals surface area contributed by atoms with Crippen LogP contribution in [0.3, 0.4) is 0 Å². The molecule has 0 aromatic heterocycles. The quantitative estimate of drug-likeness (QED) is 0.0204. The monoisotopic (exact) mass is 1390 g/mol. The summed E-state index contributed by atoms with van der Waals surface area (Å²) < 4.78 is 22.9. The average Bonchev–Trinajstić information content (AvgIpc) is 0.793. The molecule has 2 aliphatic heterocycles. The Bertz CT molecular complexity index is 1880. The maximum atomic E-state index is 13.4. The highest BCUT2D eigenvalue weighted by atomic mass is 16.7. The molecule has 0 saturated carbocycles. The molecular formula is C84H155NO13. The van der Waals surface area contributed by atoms with Crippen LogP contribution in [0.2, 0.25) is 0 Å². The predicted octanol–water partition coefficient (Wildman–Crippen LogP) is 19.1. The third-order valence-corrected chi connectivity index (χ3v) is 20.2. The van der Waals surface area contributed by atoms with Crippen molar-refractivity contribution in [1.29, 1.82) is 0 Å². The average molecular weight is 1390 g/mol. The zero-order chi connectivity index (χ0) is 70.8. The number of hydrogen-bond donors (Lipinski definition) is 9. The van der Waals surface area contributed by atoms with Crippen molar-refractivity contribution in [2.45, 2.75) is 447 Å². The second kappa shape index (κ2) is 67.8.